The number of halogens is 2. The molecule has 0 saturated heterocycles. The van der Waals surface area contributed by atoms with Crippen molar-refractivity contribution in [2.24, 2.45) is 0 Å². The molecule has 2 aromatic rings. The molecule has 0 aliphatic heterocycles. The summed E-state index contributed by atoms with van der Waals surface area (Å²) < 4.78 is 19.3. The van der Waals surface area contributed by atoms with Gasteiger partial charge in [-0.25, -0.2) is 9.18 Å². The van der Waals surface area contributed by atoms with Crippen LogP contribution in [0.2, 0.25) is 0 Å². The normalized spacial score (nSPS) is 10.2. The van der Waals surface area contributed by atoms with Crippen LogP contribution >= 0.6 is 15.9 Å². The number of nitro groups is 1. The van der Waals surface area contributed by atoms with Gasteiger partial charge in [0.1, 0.15) is 0 Å². The fourth-order valence-electron chi connectivity index (χ4n) is 1.56. The lowest BCUT2D eigenvalue weighted by Crippen LogP contribution is -2.00. The van der Waals surface area contributed by atoms with E-state index in [1.165, 1.54) is 12.1 Å². The van der Waals surface area contributed by atoms with Gasteiger partial charge in [-0.1, -0.05) is 15.9 Å². The molecule has 2 rings (SSSR count). The highest BCUT2D eigenvalue weighted by Gasteiger charge is 2.20. The van der Waals surface area contributed by atoms with Crippen LogP contribution in [0.3, 0.4) is 0 Å². The second-order valence-electron chi connectivity index (χ2n) is 3.92. The molecule has 0 heterocycles. The van der Waals surface area contributed by atoms with Gasteiger partial charge in [-0.3, -0.25) is 10.1 Å². The second kappa shape index (κ2) is 5.88. The quantitative estimate of drug-likeness (QED) is 0.661. The monoisotopic (exact) mass is 355 g/mol. The number of carboxylic acid groups (broad SMARTS) is 1. The summed E-state index contributed by atoms with van der Waals surface area (Å²) in [6.07, 6.45) is 0. The van der Waals surface area contributed by atoms with Crippen molar-refractivity contribution in [2.75, 3.05) is 0 Å². The maximum absolute atomic E-state index is 13.7. The van der Waals surface area contributed by atoms with Gasteiger partial charge in [-0.15, -0.1) is 0 Å². The van der Waals surface area contributed by atoms with E-state index in [1.807, 2.05) is 0 Å². The first-order valence-corrected chi connectivity index (χ1v) is 6.32. The number of hydrogen-bond acceptors (Lipinski definition) is 4. The Morgan fingerprint density at radius 2 is 1.90 bits per heavy atom. The molecule has 108 valence electrons. The highest BCUT2D eigenvalue weighted by molar-refractivity contribution is 9.10. The summed E-state index contributed by atoms with van der Waals surface area (Å²) in [6, 6.07) is 7.07. The zero-order valence-electron chi connectivity index (χ0n) is 10.2. The van der Waals surface area contributed by atoms with Crippen LogP contribution in [0.5, 0.6) is 11.5 Å². The number of hydrogen-bond donors (Lipinski definition) is 1. The number of carbonyl (C=O) groups is 1. The Hall–Kier alpha value is -2.48. The largest absolute Gasteiger partial charge is 0.478 e. The van der Waals surface area contributed by atoms with E-state index >= 15 is 0 Å². The SMILES string of the molecule is O=C(O)c1ccc(Oc2ccc(Br)cc2F)c([N+](=O)[O-])c1. The smallest absolute Gasteiger partial charge is 0.335 e. The maximum Gasteiger partial charge on any atom is 0.335 e. The standard InChI is InChI=1S/C13H7BrFNO5/c14-8-2-4-11(9(15)6-8)21-12-3-1-7(13(17)18)5-10(12)16(19)20/h1-6H,(H,17,18). The van der Waals surface area contributed by atoms with E-state index in [0.717, 1.165) is 24.3 Å². The number of aromatic carboxylic acids is 1. The summed E-state index contributed by atoms with van der Waals surface area (Å²) >= 11 is 3.08. The van der Waals surface area contributed by atoms with Crippen molar-refractivity contribution in [1.29, 1.82) is 0 Å². The van der Waals surface area contributed by atoms with Gasteiger partial charge >= 0.3 is 11.7 Å². The number of nitro benzene ring substituents is 1. The van der Waals surface area contributed by atoms with Crippen LogP contribution in [0.4, 0.5) is 10.1 Å². The number of nitrogens with zero attached hydrogens (tertiary/aromatic N) is 1. The van der Waals surface area contributed by atoms with Gasteiger partial charge in [0.05, 0.1) is 10.5 Å². The Morgan fingerprint density at radius 3 is 2.48 bits per heavy atom. The van der Waals surface area contributed by atoms with Crippen molar-refractivity contribution in [3.8, 4) is 11.5 Å². The van der Waals surface area contributed by atoms with Crippen molar-refractivity contribution in [3.63, 3.8) is 0 Å². The van der Waals surface area contributed by atoms with Crippen molar-refractivity contribution >= 4 is 27.6 Å². The Bertz CT molecular complexity index is 734. The van der Waals surface area contributed by atoms with Gasteiger partial charge in [-0.05, 0) is 30.3 Å². The Kier molecular flexibility index (Phi) is 4.18. The van der Waals surface area contributed by atoms with E-state index in [1.54, 1.807) is 0 Å². The maximum atomic E-state index is 13.7. The molecule has 2 aromatic carbocycles. The van der Waals surface area contributed by atoms with E-state index < -0.39 is 22.4 Å². The average molecular weight is 356 g/mol. The fraction of sp³-hybridized carbons (Fsp3) is 0. The summed E-state index contributed by atoms with van der Waals surface area (Å²) in [5.74, 6) is -2.46. The van der Waals surface area contributed by atoms with Gasteiger partial charge in [0.2, 0.25) is 5.75 Å². The van der Waals surface area contributed by atoms with E-state index in [9.17, 15) is 19.3 Å². The Labute approximate surface area is 126 Å². The first-order chi connectivity index (χ1) is 9.88. The lowest BCUT2D eigenvalue weighted by molar-refractivity contribution is -0.385. The average Bonchev–Trinajstić information content (AvgIpc) is 2.41. The minimum absolute atomic E-state index is 0.204. The minimum Gasteiger partial charge on any atom is -0.478 e. The van der Waals surface area contributed by atoms with E-state index in [-0.39, 0.29) is 17.1 Å². The lowest BCUT2D eigenvalue weighted by Gasteiger charge is -2.08. The molecule has 0 bridgehead atoms. The molecule has 1 N–H and O–H groups in total. The highest BCUT2D eigenvalue weighted by atomic mass is 79.9. The zero-order valence-corrected chi connectivity index (χ0v) is 11.8. The Balaban J connectivity index is 2.44. The summed E-state index contributed by atoms with van der Waals surface area (Å²) in [5, 5.41) is 19.8. The van der Waals surface area contributed by atoms with Crippen LogP contribution in [0.15, 0.2) is 40.9 Å². The molecule has 0 unspecified atom stereocenters. The number of ether oxygens (including phenoxy) is 1. The zero-order chi connectivity index (χ0) is 15.6. The van der Waals surface area contributed by atoms with Crippen molar-refractivity contribution in [2.45, 2.75) is 0 Å². The molecule has 21 heavy (non-hydrogen) atoms. The topological polar surface area (TPSA) is 89.7 Å². The van der Waals surface area contributed by atoms with Crippen LogP contribution in [0, 0.1) is 15.9 Å². The third-order valence-corrected chi connectivity index (χ3v) is 3.01. The van der Waals surface area contributed by atoms with Crippen LogP contribution in [0.1, 0.15) is 10.4 Å². The van der Waals surface area contributed by atoms with Crippen LogP contribution in [0.25, 0.3) is 0 Å². The molecule has 0 aliphatic rings. The predicted octanol–water partition coefficient (Wildman–Crippen LogP) is 3.99. The van der Waals surface area contributed by atoms with Gasteiger partial charge in [0.25, 0.3) is 0 Å². The summed E-state index contributed by atoms with van der Waals surface area (Å²) in [5.41, 5.74) is -0.817. The lowest BCUT2D eigenvalue weighted by atomic mass is 10.2. The minimum atomic E-state index is -1.31. The molecule has 0 spiro atoms. The summed E-state index contributed by atoms with van der Waals surface area (Å²) in [4.78, 5) is 21.0. The molecular formula is C13H7BrFNO5. The molecule has 0 fully saturated rings. The number of carboxylic acids is 1. The van der Waals surface area contributed by atoms with Gasteiger partial charge in [0, 0.05) is 10.5 Å². The summed E-state index contributed by atoms with van der Waals surface area (Å²) in [6.45, 7) is 0. The third kappa shape index (κ3) is 3.34. The fourth-order valence-corrected chi connectivity index (χ4v) is 1.89. The van der Waals surface area contributed by atoms with E-state index in [4.69, 9.17) is 9.84 Å². The first kappa shape index (κ1) is 14.9. The van der Waals surface area contributed by atoms with Gasteiger partial charge in [-0.2, -0.15) is 0 Å². The van der Waals surface area contributed by atoms with Gasteiger partial charge < -0.3 is 9.84 Å². The van der Waals surface area contributed by atoms with E-state index in [0.29, 0.717) is 4.47 Å². The predicted molar refractivity (Wildman–Crippen MR) is 74.2 cm³/mol. The molecule has 8 heteroatoms. The molecular weight excluding hydrogens is 349 g/mol. The summed E-state index contributed by atoms with van der Waals surface area (Å²) in [7, 11) is 0. The molecule has 0 radical (unpaired) electrons. The molecule has 0 atom stereocenters. The van der Waals surface area contributed by atoms with Crippen molar-refractivity contribution in [3.05, 3.63) is 62.4 Å². The molecule has 0 aliphatic carbocycles. The van der Waals surface area contributed by atoms with Crippen LogP contribution in [-0.4, -0.2) is 16.0 Å². The molecule has 0 saturated carbocycles. The first-order valence-electron chi connectivity index (χ1n) is 5.53. The molecule has 0 aromatic heterocycles. The Morgan fingerprint density at radius 1 is 1.24 bits per heavy atom. The number of benzene rings is 2. The van der Waals surface area contributed by atoms with Crippen LogP contribution in [-0.2, 0) is 0 Å². The van der Waals surface area contributed by atoms with Crippen molar-refractivity contribution in [1.82, 2.24) is 0 Å². The number of rotatable bonds is 4. The highest BCUT2D eigenvalue weighted by Crippen LogP contribution is 2.34. The van der Waals surface area contributed by atoms with Crippen molar-refractivity contribution < 1.29 is 24.0 Å². The van der Waals surface area contributed by atoms with Crippen LogP contribution < -0.4 is 4.74 Å². The third-order valence-electron chi connectivity index (χ3n) is 2.52. The van der Waals surface area contributed by atoms with Gasteiger partial charge in [0.15, 0.2) is 11.6 Å². The molecule has 6 nitrogen and oxygen atoms in total. The second-order valence-corrected chi connectivity index (χ2v) is 4.84. The molecule has 0 amide bonds. The van der Waals surface area contributed by atoms with E-state index in [2.05, 4.69) is 15.9 Å².